The van der Waals surface area contributed by atoms with Gasteiger partial charge in [0, 0.05) is 37.8 Å². The number of fused-ring (bicyclic) bond motifs is 5. The zero-order chi connectivity index (χ0) is 31.2. The molecule has 2 saturated carbocycles. The number of nitrogens with zero attached hydrogens (tertiary/aromatic N) is 3. The lowest BCUT2D eigenvalue weighted by atomic mass is 9.52. The van der Waals surface area contributed by atoms with Crippen LogP contribution < -0.4 is 15.4 Å². The minimum absolute atomic E-state index is 0.00694. The molecule has 6 unspecified atom stereocenters. The number of carbonyl (C=O) groups is 6. The first-order chi connectivity index (χ1) is 19.4. The standard InChI is InChI=1S/C30H38N4O8/c1-29(2,3)12-34-11-14-10-17(32(4)5)15-8-13-9-16-21(33(6)7)23(36)20(27(31)39)26(38)30(16,41)25(37)18(13)22(35)19(15)24(14)42-28(34)40/h10,13,16,18,20-21,41H,8-9,11-12H2,1-7H3,(H2,31,39). The molecule has 2 amide bonds. The maximum Gasteiger partial charge on any atom is 0.415 e. The van der Waals surface area contributed by atoms with Crippen molar-refractivity contribution in [3.05, 3.63) is 22.8 Å². The molecule has 226 valence electrons. The molecule has 0 aromatic heterocycles. The largest absolute Gasteiger partial charge is 0.415 e. The van der Waals surface area contributed by atoms with Gasteiger partial charge in [-0.1, -0.05) is 20.8 Å². The van der Waals surface area contributed by atoms with Crippen LogP contribution in [-0.4, -0.2) is 96.4 Å². The fourth-order valence-corrected chi connectivity index (χ4v) is 7.44. The van der Waals surface area contributed by atoms with E-state index in [1.54, 1.807) is 19.0 Å². The highest BCUT2D eigenvalue weighted by Crippen LogP contribution is 2.52. The molecular weight excluding hydrogens is 544 g/mol. The van der Waals surface area contributed by atoms with Crippen LogP contribution in [-0.2, 0) is 32.1 Å². The van der Waals surface area contributed by atoms with Crippen LogP contribution in [0.15, 0.2) is 6.07 Å². The molecule has 0 saturated heterocycles. The lowest BCUT2D eigenvalue weighted by molar-refractivity contribution is -0.181. The van der Waals surface area contributed by atoms with Crippen LogP contribution in [0.3, 0.4) is 0 Å². The second-order valence-electron chi connectivity index (χ2n) is 13.7. The molecule has 3 aliphatic carbocycles. The summed E-state index contributed by atoms with van der Waals surface area (Å²) in [5.74, 6) is -10.2. The van der Waals surface area contributed by atoms with E-state index in [0.29, 0.717) is 17.7 Å². The van der Waals surface area contributed by atoms with Crippen LogP contribution in [0.25, 0.3) is 0 Å². The Kier molecular flexibility index (Phi) is 6.89. The molecule has 12 nitrogen and oxygen atoms in total. The molecule has 4 aliphatic rings. The van der Waals surface area contributed by atoms with Crippen LogP contribution in [0.5, 0.6) is 5.75 Å². The topological polar surface area (TPSA) is 168 Å². The molecule has 1 aromatic carbocycles. The van der Waals surface area contributed by atoms with Gasteiger partial charge in [-0.2, -0.15) is 0 Å². The fraction of sp³-hybridized carbons (Fsp3) is 0.600. The highest BCUT2D eigenvalue weighted by atomic mass is 16.6. The first-order valence-corrected chi connectivity index (χ1v) is 14.1. The summed E-state index contributed by atoms with van der Waals surface area (Å²) in [6.45, 7) is 6.60. The van der Waals surface area contributed by atoms with E-state index in [9.17, 15) is 33.9 Å². The number of benzene rings is 1. The Balaban J connectivity index is 1.64. The summed E-state index contributed by atoms with van der Waals surface area (Å²) < 4.78 is 5.77. The summed E-state index contributed by atoms with van der Waals surface area (Å²) in [4.78, 5) is 85.4. The van der Waals surface area contributed by atoms with Crippen LogP contribution in [0.2, 0.25) is 0 Å². The Morgan fingerprint density at radius 3 is 2.31 bits per heavy atom. The number of hydrogen-bond acceptors (Lipinski definition) is 10. The molecule has 5 rings (SSSR count). The monoisotopic (exact) mass is 582 g/mol. The van der Waals surface area contributed by atoms with Crippen molar-refractivity contribution in [1.29, 1.82) is 0 Å². The molecule has 0 spiro atoms. The summed E-state index contributed by atoms with van der Waals surface area (Å²) in [5.41, 5.74) is 4.46. The van der Waals surface area contributed by atoms with E-state index < -0.39 is 70.4 Å². The van der Waals surface area contributed by atoms with E-state index in [-0.39, 0.29) is 36.1 Å². The molecular formula is C30H38N4O8. The van der Waals surface area contributed by atoms with Crippen molar-refractivity contribution in [1.82, 2.24) is 9.80 Å². The number of primary amides is 1. The van der Waals surface area contributed by atoms with Gasteiger partial charge in [-0.05, 0) is 49.9 Å². The highest BCUT2D eigenvalue weighted by Gasteiger charge is 2.69. The van der Waals surface area contributed by atoms with Crippen LogP contribution >= 0.6 is 0 Å². The quantitative estimate of drug-likeness (QED) is 0.480. The number of nitrogens with two attached hydrogens (primary N) is 1. The third-order valence-electron chi connectivity index (χ3n) is 9.05. The predicted molar refractivity (Wildman–Crippen MR) is 150 cm³/mol. The third-order valence-corrected chi connectivity index (χ3v) is 9.05. The van der Waals surface area contributed by atoms with E-state index >= 15 is 0 Å². The van der Waals surface area contributed by atoms with Gasteiger partial charge in [0.25, 0.3) is 0 Å². The molecule has 42 heavy (non-hydrogen) atoms. The van der Waals surface area contributed by atoms with Gasteiger partial charge in [-0.15, -0.1) is 0 Å². The highest BCUT2D eigenvalue weighted by molar-refractivity contribution is 6.32. The average Bonchev–Trinajstić information content (AvgIpc) is 2.85. The molecule has 12 heteroatoms. The van der Waals surface area contributed by atoms with Crippen molar-refractivity contribution in [3.8, 4) is 5.75 Å². The molecule has 1 aliphatic heterocycles. The smallest absolute Gasteiger partial charge is 0.409 e. The molecule has 2 fully saturated rings. The number of likely N-dealkylation sites (N-methyl/N-ethyl adjacent to an activating group) is 1. The average molecular weight is 583 g/mol. The van der Waals surface area contributed by atoms with Gasteiger partial charge in [-0.25, -0.2) is 4.79 Å². The normalized spacial score (nSPS) is 30.8. The third kappa shape index (κ3) is 4.26. The Morgan fingerprint density at radius 1 is 1.12 bits per heavy atom. The summed E-state index contributed by atoms with van der Waals surface area (Å²) in [5, 5.41) is 11.8. The molecule has 3 N–H and O–H groups in total. The SMILES string of the molecule is CN(C)c1cc2c(c3c1CC1CC4C(N(C)C)C(=O)C(C(N)=O)C(=O)C4(O)C(=O)C1C3=O)OC(=O)N(CC(C)(C)C)C2. The van der Waals surface area contributed by atoms with Crippen molar-refractivity contribution >= 4 is 40.8 Å². The van der Waals surface area contributed by atoms with Crippen molar-refractivity contribution in [2.75, 3.05) is 39.6 Å². The van der Waals surface area contributed by atoms with E-state index in [4.69, 9.17) is 10.5 Å². The second-order valence-corrected chi connectivity index (χ2v) is 13.7. The second kappa shape index (κ2) is 9.70. The first kappa shape index (κ1) is 29.8. The van der Waals surface area contributed by atoms with Crippen molar-refractivity contribution in [3.63, 3.8) is 0 Å². The number of ketones is 4. The lowest BCUT2D eigenvalue weighted by Gasteiger charge is -2.52. The van der Waals surface area contributed by atoms with Crippen LogP contribution in [0, 0.1) is 29.1 Å². The van der Waals surface area contributed by atoms with Gasteiger partial charge in [0.05, 0.1) is 24.1 Å². The number of ether oxygens (including phenoxy) is 1. The first-order valence-electron chi connectivity index (χ1n) is 14.1. The van der Waals surface area contributed by atoms with Gasteiger partial charge in [0.2, 0.25) is 5.91 Å². The summed E-state index contributed by atoms with van der Waals surface area (Å²) >= 11 is 0. The van der Waals surface area contributed by atoms with Gasteiger partial charge in [-0.3, -0.25) is 28.9 Å². The Labute approximate surface area is 244 Å². The van der Waals surface area contributed by atoms with Crippen LogP contribution in [0.4, 0.5) is 10.5 Å². The van der Waals surface area contributed by atoms with E-state index in [1.807, 2.05) is 45.8 Å². The maximum atomic E-state index is 14.3. The number of amides is 2. The van der Waals surface area contributed by atoms with E-state index in [2.05, 4.69) is 0 Å². The van der Waals surface area contributed by atoms with Crippen molar-refractivity contribution in [2.24, 2.45) is 34.8 Å². The van der Waals surface area contributed by atoms with E-state index in [0.717, 1.165) is 5.69 Å². The number of hydrogen-bond donors (Lipinski definition) is 2. The summed E-state index contributed by atoms with van der Waals surface area (Å²) in [6.07, 6.45) is -0.386. The molecule has 1 heterocycles. The molecule has 6 atom stereocenters. The minimum atomic E-state index is -2.75. The summed E-state index contributed by atoms with van der Waals surface area (Å²) in [7, 11) is 6.77. The van der Waals surface area contributed by atoms with Gasteiger partial charge in [0.1, 0.15) is 5.75 Å². The molecule has 0 radical (unpaired) electrons. The Hall–Kier alpha value is -3.64. The van der Waals surface area contributed by atoms with Gasteiger partial charge in [0.15, 0.2) is 34.7 Å². The van der Waals surface area contributed by atoms with Gasteiger partial charge < -0.3 is 25.4 Å². The number of carbonyl (C=O) groups excluding carboxylic acids is 6. The lowest BCUT2D eigenvalue weighted by Crippen LogP contribution is -2.74. The Morgan fingerprint density at radius 2 is 1.76 bits per heavy atom. The maximum absolute atomic E-state index is 14.3. The zero-order valence-electron chi connectivity index (χ0n) is 25.0. The number of anilines is 1. The number of Topliss-reactive ketones (excluding diaryl/α,β-unsaturated/α-hetero) is 4. The van der Waals surface area contributed by atoms with Crippen molar-refractivity contribution < 1.29 is 38.6 Å². The molecule has 1 aromatic rings. The van der Waals surface area contributed by atoms with E-state index in [1.165, 1.54) is 4.90 Å². The minimum Gasteiger partial charge on any atom is -0.409 e. The molecule has 0 bridgehead atoms. The number of aliphatic hydroxyl groups is 1. The van der Waals surface area contributed by atoms with Gasteiger partial charge >= 0.3 is 6.09 Å². The van der Waals surface area contributed by atoms with Crippen molar-refractivity contribution in [2.45, 2.75) is 51.8 Å². The summed E-state index contributed by atoms with van der Waals surface area (Å²) in [6, 6.07) is 0.747. The Bertz CT molecular complexity index is 1440. The fourth-order valence-electron chi connectivity index (χ4n) is 7.44. The number of rotatable bonds is 4. The predicted octanol–water partition coefficient (Wildman–Crippen LogP) is 0.588. The zero-order valence-corrected chi connectivity index (χ0v) is 25.0. The van der Waals surface area contributed by atoms with Crippen LogP contribution in [0.1, 0.15) is 48.7 Å².